The van der Waals surface area contributed by atoms with Crippen molar-refractivity contribution in [1.82, 2.24) is 0 Å². The van der Waals surface area contributed by atoms with E-state index in [1.807, 2.05) is 42.5 Å². The molecule has 0 aliphatic carbocycles. The minimum absolute atomic E-state index is 0.139. The Morgan fingerprint density at radius 1 is 1.17 bits per heavy atom. The van der Waals surface area contributed by atoms with Crippen LogP contribution in [0.4, 0.5) is 5.69 Å². The summed E-state index contributed by atoms with van der Waals surface area (Å²) in [6.07, 6.45) is 1.00. The molecule has 0 unspecified atom stereocenters. The van der Waals surface area contributed by atoms with E-state index in [9.17, 15) is 4.79 Å². The summed E-state index contributed by atoms with van der Waals surface area (Å²) in [7, 11) is 0. The third-order valence-corrected chi connectivity index (χ3v) is 3.90. The predicted molar refractivity (Wildman–Crippen MR) is 96.6 cm³/mol. The van der Waals surface area contributed by atoms with E-state index < -0.39 is 0 Å². The van der Waals surface area contributed by atoms with Gasteiger partial charge in [-0.3, -0.25) is 4.79 Å². The molecule has 124 valence electrons. The largest absolute Gasteiger partial charge is 0.475 e. The van der Waals surface area contributed by atoms with Crippen molar-refractivity contribution in [3.63, 3.8) is 0 Å². The van der Waals surface area contributed by atoms with Crippen LogP contribution in [0, 0.1) is 5.92 Å². The first-order valence-corrected chi connectivity index (χ1v) is 8.30. The lowest BCUT2D eigenvalue weighted by molar-refractivity contribution is 0.102. The number of nitrogens with zero attached hydrogens (tertiary/aromatic N) is 1. The molecule has 4 heteroatoms. The van der Waals surface area contributed by atoms with E-state index in [1.165, 1.54) is 0 Å². The Bertz CT molecular complexity index is 738. The van der Waals surface area contributed by atoms with Crippen molar-refractivity contribution in [2.75, 3.05) is 11.9 Å². The van der Waals surface area contributed by atoms with Crippen molar-refractivity contribution in [3.05, 3.63) is 65.7 Å². The van der Waals surface area contributed by atoms with Gasteiger partial charge in [-0.25, -0.2) is 4.99 Å². The van der Waals surface area contributed by atoms with Gasteiger partial charge in [-0.2, -0.15) is 0 Å². The van der Waals surface area contributed by atoms with Gasteiger partial charge in [0.25, 0.3) is 5.91 Å². The number of amides is 1. The van der Waals surface area contributed by atoms with Gasteiger partial charge in [0.1, 0.15) is 6.61 Å². The summed E-state index contributed by atoms with van der Waals surface area (Å²) in [5.74, 6) is 1.06. The lowest BCUT2D eigenvalue weighted by Gasteiger charge is -2.10. The predicted octanol–water partition coefficient (Wildman–Crippen LogP) is 4.13. The van der Waals surface area contributed by atoms with Crippen molar-refractivity contribution in [2.24, 2.45) is 10.9 Å². The van der Waals surface area contributed by atoms with Crippen molar-refractivity contribution >= 4 is 17.5 Å². The first-order valence-electron chi connectivity index (χ1n) is 8.30. The highest BCUT2D eigenvalue weighted by Crippen LogP contribution is 2.23. The zero-order chi connectivity index (χ0) is 16.9. The van der Waals surface area contributed by atoms with Gasteiger partial charge in [-0.1, -0.05) is 44.2 Å². The molecule has 0 saturated carbocycles. The van der Waals surface area contributed by atoms with Crippen LogP contribution in [0.3, 0.4) is 0 Å². The Labute approximate surface area is 142 Å². The number of benzene rings is 2. The second-order valence-electron chi connectivity index (χ2n) is 6.39. The van der Waals surface area contributed by atoms with Gasteiger partial charge in [0.15, 0.2) is 0 Å². The van der Waals surface area contributed by atoms with E-state index >= 15 is 0 Å². The Morgan fingerprint density at radius 2 is 1.88 bits per heavy atom. The van der Waals surface area contributed by atoms with Crippen LogP contribution in [-0.2, 0) is 4.74 Å². The molecule has 2 aromatic carbocycles. The summed E-state index contributed by atoms with van der Waals surface area (Å²) < 4.78 is 5.78. The molecule has 0 spiro atoms. The van der Waals surface area contributed by atoms with Crippen LogP contribution in [0.25, 0.3) is 0 Å². The number of aliphatic imine (C=N–C) groups is 1. The Hall–Kier alpha value is -2.62. The fraction of sp³-hybridized carbons (Fsp3) is 0.300. The summed E-state index contributed by atoms with van der Waals surface area (Å²) >= 11 is 0. The van der Waals surface area contributed by atoms with Gasteiger partial charge in [-0.15, -0.1) is 0 Å². The highest BCUT2D eigenvalue weighted by molar-refractivity contribution is 6.09. The van der Waals surface area contributed by atoms with Gasteiger partial charge in [0, 0.05) is 5.56 Å². The van der Waals surface area contributed by atoms with Crippen LogP contribution in [0.15, 0.2) is 59.6 Å². The SMILES string of the molecule is CC(C)C[C@@H]1COC(c2ccccc2NC(=O)c2ccccc2)=N1. The standard InChI is InChI=1S/C20H22N2O2/c1-14(2)12-16-13-24-20(21-16)17-10-6-7-11-18(17)22-19(23)15-8-4-3-5-9-15/h3-11,14,16H,12-13H2,1-2H3,(H,22,23)/t16-/m1/s1. The molecular formula is C20H22N2O2. The van der Waals surface area contributed by atoms with E-state index in [2.05, 4.69) is 24.2 Å². The number of carbonyl (C=O) groups is 1. The van der Waals surface area contributed by atoms with Gasteiger partial charge in [-0.05, 0) is 36.6 Å². The number of hydrogen-bond donors (Lipinski definition) is 1. The second-order valence-corrected chi connectivity index (χ2v) is 6.39. The molecule has 3 rings (SSSR count). The maximum atomic E-state index is 12.4. The van der Waals surface area contributed by atoms with Crippen LogP contribution in [0.5, 0.6) is 0 Å². The van der Waals surface area contributed by atoms with Crippen LogP contribution in [-0.4, -0.2) is 24.5 Å². The molecule has 0 bridgehead atoms. The van der Waals surface area contributed by atoms with Gasteiger partial charge >= 0.3 is 0 Å². The molecular weight excluding hydrogens is 300 g/mol. The van der Waals surface area contributed by atoms with E-state index in [0.29, 0.717) is 24.0 Å². The number of carbonyl (C=O) groups excluding carboxylic acids is 1. The summed E-state index contributed by atoms with van der Waals surface area (Å²) in [5.41, 5.74) is 2.17. The highest BCUT2D eigenvalue weighted by atomic mass is 16.5. The average molecular weight is 322 g/mol. The van der Waals surface area contributed by atoms with Crippen molar-refractivity contribution in [3.8, 4) is 0 Å². The Balaban J connectivity index is 1.80. The molecule has 0 fully saturated rings. The number of hydrogen-bond acceptors (Lipinski definition) is 3. The minimum atomic E-state index is -0.139. The lowest BCUT2D eigenvalue weighted by atomic mass is 10.1. The summed E-state index contributed by atoms with van der Waals surface area (Å²) in [5, 5.41) is 2.96. The van der Waals surface area contributed by atoms with Crippen LogP contribution < -0.4 is 5.32 Å². The maximum absolute atomic E-state index is 12.4. The number of para-hydroxylation sites is 1. The second kappa shape index (κ2) is 7.30. The number of ether oxygens (including phenoxy) is 1. The molecule has 1 N–H and O–H groups in total. The summed E-state index contributed by atoms with van der Waals surface area (Å²) in [6, 6.07) is 17.0. The molecule has 1 heterocycles. The molecule has 4 nitrogen and oxygen atoms in total. The molecule has 0 aromatic heterocycles. The monoisotopic (exact) mass is 322 g/mol. The van der Waals surface area contributed by atoms with Crippen LogP contribution in [0.2, 0.25) is 0 Å². The Kier molecular flexibility index (Phi) is 4.94. The molecule has 1 aliphatic rings. The van der Waals surface area contributed by atoms with Gasteiger partial charge in [0.05, 0.1) is 17.3 Å². The van der Waals surface area contributed by atoms with Gasteiger partial charge < -0.3 is 10.1 Å². The highest BCUT2D eigenvalue weighted by Gasteiger charge is 2.23. The molecule has 0 radical (unpaired) electrons. The first kappa shape index (κ1) is 16.2. The summed E-state index contributed by atoms with van der Waals surface area (Å²) in [4.78, 5) is 17.1. The number of anilines is 1. The lowest BCUT2D eigenvalue weighted by Crippen LogP contribution is -2.15. The molecule has 1 atom stereocenters. The fourth-order valence-electron chi connectivity index (χ4n) is 2.79. The number of rotatable bonds is 5. The molecule has 0 saturated heterocycles. The van der Waals surface area contributed by atoms with Crippen molar-refractivity contribution < 1.29 is 9.53 Å². The quantitative estimate of drug-likeness (QED) is 0.900. The third-order valence-electron chi connectivity index (χ3n) is 3.90. The smallest absolute Gasteiger partial charge is 0.255 e. The summed E-state index contributed by atoms with van der Waals surface area (Å²) in [6.45, 7) is 4.97. The van der Waals surface area contributed by atoms with E-state index in [4.69, 9.17) is 4.74 Å². The zero-order valence-corrected chi connectivity index (χ0v) is 14.0. The van der Waals surface area contributed by atoms with Crippen LogP contribution in [0.1, 0.15) is 36.2 Å². The maximum Gasteiger partial charge on any atom is 0.255 e. The van der Waals surface area contributed by atoms with Gasteiger partial charge in [0.2, 0.25) is 5.90 Å². The van der Waals surface area contributed by atoms with Crippen LogP contribution >= 0.6 is 0 Å². The molecule has 2 aromatic rings. The normalized spacial score (nSPS) is 16.6. The minimum Gasteiger partial charge on any atom is -0.475 e. The topological polar surface area (TPSA) is 50.7 Å². The molecule has 1 amide bonds. The number of nitrogens with one attached hydrogen (secondary N) is 1. The van der Waals surface area contributed by atoms with E-state index in [0.717, 1.165) is 17.7 Å². The Morgan fingerprint density at radius 3 is 2.62 bits per heavy atom. The van der Waals surface area contributed by atoms with E-state index in [-0.39, 0.29) is 11.9 Å². The van der Waals surface area contributed by atoms with E-state index in [1.54, 1.807) is 12.1 Å². The molecule has 24 heavy (non-hydrogen) atoms. The third kappa shape index (κ3) is 3.82. The van der Waals surface area contributed by atoms with Crippen molar-refractivity contribution in [1.29, 1.82) is 0 Å². The molecule has 1 aliphatic heterocycles. The fourth-order valence-corrected chi connectivity index (χ4v) is 2.79. The first-order chi connectivity index (χ1) is 11.6. The zero-order valence-electron chi connectivity index (χ0n) is 14.0. The average Bonchev–Trinajstić information content (AvgIpc) is 3.03. The van der Waals surface area contributed by atoms with Crippen molar-refractivity contribution in [2.45, 2.75) is 26.3 Å².